The fourth-order valence-corrected chi connectivity index (χ4v) is 10.3. The molecular formula is C30H47NO4. The maximum Gasteiger partial charge on any atom is 0.311 e. The lowest BCUT2D eigenvalue weighted by atomic mass is 9.35. The van der Waals surface area contributed by atoms with Gasteiger partial charge in [-0.25, -0.2) is 0 Å². The molecule has 5 aliphatic rings. The number of methoxy groups -OCH3 is 1. The van der Waals surface area contributed by atoms with Crippen LogP contribution in [0.4, 0.5) is 0 Å². The molecule has 5 heteroatoms. The van der Waals surface area contributed by atoms with Crippen LogP contribution in [0, 0.1) is 44.8 Å². The summed E-state index contributed by atoms with van der Waals surface area (Å²) in [4.78, 5) is 27.0. The molecule has 3 N–H and O–H groups in total. The SMILES string of the molecule is COC(=O)[C@@]1(C)CC[C@]2(C)CC[C@]3(N)C(=CC(=O)[C@@H]4[C@@]5(C)CC[C@H](O)C(C)(C)[C@@H]5CC[C@]43C)[C@@H]2C1. The number of aliphatic hydroxyl groups is 1. The minimum atomic E-state index is -0.543. The number of hydrogen-bond donors (Lipinski definition) is 2. The Labute approximate surface area is 211 Å². The summed E-state index contributed by atoms with van der Waals surface area (Å²) in [7, 11) is 1.48. The van der Waals surface area contributed by atoms with Crippen molar-refractivity contribution < 1.29 is 19.4 Å². The maximum absolute atomic E-state index is 14.2. The number of carbonyl (C=O) groups is 2. The van der Waals surface area contributed by atoms with Gasteiger partial charge in [0.2, 0.25) is 0 Å². The van der Waals surface area contributed by atoms with E-state index in [9.17, 15) is 14.7 Å². The van der Waals surface area contributed by atoms with Crippen molar-refractivity contribution in [3.63, 3.8) is 0 Å². The number of hydrogen-bond acceptors (Lipinski definition) is 5. The summed E-state index contributed by atoms with van der Waals surface area (Å²) >= 11 is 0. The second-order valence-electron chi connectivity index (χ2n) is 14.8. The van der Waals surface area contributed by atoms with Crippen LogP contribution in [-0.4, -0.2) is 35.6 Å². The molecular weight excluding hydrogens is 438 g/mol. The van der Waals surface area contributed by atoms with Crippen molar-refractivity contribution in [2.75, 3.05) is 7.11 Å². The van der Waals surface area contributed by atoms with E-state index >= 15 is 0 Å². The van der Waals surface area contributed by atoms with Crippen molar-refractivity contribution in [2.24, 2.45) is 50.6 Å². The first-order valence-corrected chi connectivity index (χ1v) is 13.9. The molecule has 5 nitrogen and oxygen atoms in total. The molecule has 0 unspecified atom stereocenters. The Hall–Kier alpha value is -1.20. The first-order chi connectivity index (χ1) is 16.1. The van der Waals surface area contributed by atoms with Crippen molar-refractivity contribution in [3.8, 4) is 0 Å². The van der Waals surface area contributed by atoms with Crippen molar-refractivity contribution >= 4 is 11.8 Å². The lowest BCUT2D eigenvalue weighted by Crippen LogP contribution is -2.72. The van der Waals surface area contributed by atoms with Gasteiger partial charge < -0.3 is 15.6 Å². The summed E-state index contributed by atoms with van der Waals surface area (Å²) in [5.41, 5.74) is 6.96. The highest BCUT2D eigenvalue weighted by molar-refractivity contribution is 5.96. The molecule has 0 aromatic heterocycles. The summed E-state index contributed by atoms with van der Waals surface area (Å²) in [5, 5.41) is 10.9. The van der Waals surface area contributed by atoms with Crippen LogP contribution < -0.4 is 5.73 Å². The minimum Gasteiger partial charge on any atom is -0.469 e. The number of nitrogens with two attached hydrogens (primary N) is 1. The fraction of sp³-hybridized carbons (Fsp3) is 0.867. The third kappa shape index (κ3) is 3.06. The molecule has 0 radical (unpaired) electrons. The van der Waals surface area contributed by atoms with Crippen molar-refractivity contribution in [1.29, 1.82) is 0 Å². The van der Waals surface area contributed by atoms with Crippen LogP contribution in [0.5, 0.6) is 0 Å². The largest absolute Gasteiger partial charge is 0.469 e. The van der Waals surface area contributed by atoms with E-state index in [2.05, 4.69) is 34.6 Å². The molecule has 0 spiro atoms. The van der Waals surface area contributed by atoms with Crippen molar-refractivity contribution in [3.05, 3.63) is 11.6 Å². The molecule has 0 aliphatic heterocycles. The van der Waals surface area contributed by atoms with Gasteiger partial charge in [-0.2, -0.15) is 0 Å². The average molecular weight is 486 g/mol. The molecule has 5 aliphatic carbocycles. The molecule has 0 aromatic rings. The zero-order valence-electron chi connectivity index (χ0n) is 23.0. The van der Waals surface area contributed by atoms with Gasteiger partial charge in [0.15, 0.2) is 5.78 Å². The van der Waals surface area contributed by atoms with Crippen molar-refractivity contribution in [2.45, 2.75) is 111 Å². The zero-order chi connectivity index (χ0) is 25.8. The van der Waals surface area contributed by atoms with Crippen LogP contribution in [0.15, 0.2) is 11.6 Å². The Bertz CT molecular complexity index is 987. The molecule has 0 aromatic carbocycles. The standard InChI is InChI=1S/C30H47NO4/c1-25(2)21-8-11-29(6)23(28(21,5)10-9-22(25)33)20(32)16-18-19-17-27(4,24(34)35-7)13-12-26(19,3)14-15-30(18,29)31/h16,19,21-23,33H,8-15,17,31H2,1-7H3/t19-,21-,22-,23+,26+,27-,28-,29+,30-/m0/s1. The van der Waals surface area contributed by atoms with E-state index in [1.54, 1.807) is 0 Å². The van der Waals surface area contributed by atoms with Crippen LogP contribution in [0.2, 0.25) is 0 Å². The number of carbonyl (C=O) groups excluding carboxylic acids is 2. The minimum absolute atomic E-state index is 0.0593. The number of fused-ring (bicyclic) bond motifs is 7. The molecule has 4 saturated carbocycles. The van der Waals surface area contributed by atoms with Crippen LogP contribution in [0.25, 0.3) is 0 Å². The quantitative estimate of drug-likeness (QED) is 0.499. The zero-order valence-corrected chi connectivity index (χ0v) is 23.0. The summed E-state index contributed by atoms with van der Waals surface area (Å²) < 4.78 is 5.22. The van der Waals surface area contributed by atoms with Gasteiger partial charge in [0, 0.05) is 11.5 Å². The molecule has 0 amide bonds. The van der Waals surface area contributed by atoms with E-state index in [1.165, 1.54) is 7.11 Å². The highest BCUT2D eigenvalue weighted by Crippen LogP contribution is 2.71. The number of ketones is 1. The molecule has 35 heavy (non-hydrogen) atoms. The van der Waals surface area contributed by atoms with Gasteiger partial charge in [-0.15, -0.1) is 0 Å². The molecule has 0 heterocycles. The third-order valence-electron chi connectivity index (χ3n) is 12.8. The highest BCUT2D eigenvalue weighted by Gasteiger charge is 2.70. The van der Waals surface area contributed by atoms with Crippen LogP contribution in [0.3, 0.4) is 0 Å². The predicted octanol–water partition coefficient (Wildman–Crippen LogP) is 5.19. The van der Waals surface area contributed by atoms with Gasteiger partial charge in [0.05, 0.1) is 18.6 Å². The first kappa shape index (κ1) is 25.4. The third-order valence-corrected chi connectivity index (χ3v) is 12.8. The number of esters is 1. The van der Waals surface area contributed by atoms with Crippen molar-refractivity contribution in [1.82, 2.24) is 0 Å². The maximum atomic E-state index is 14.2. The second-order valence-corrected chi connectivity index (χ2v) is 14.8. The number of aliphatic hydroxyl groups excluding tert-OH is 1. The van der Waals surface area contributed by atoms with E-state index < -0.39 is 11.0 Å². The predicted molar refractivity (Wildman–Crippen MR) is 136 cm³/mol. The molecule has 9 atom stereocenters. The van der Waals surface area contributed by atoms with E-state index in [4.69, 9.17) is 10.5 Å². The Morgan fingerprint density at radius 1 is 1.00 bits per heavy atom. The lowest BCUT2D eigenvalue weighted by Gasteiger charge is -2.70. The van der Waals surface area contributed by atoms with Gasteiger partial charge in [0.1, 0.15) is 0 Å². The Morgan fingerprint density at radius 3 is 2.31 bits per heavy atom. The smallest absolute Gasteiger partial charge is 0.311 e. The molecule has 196 valence electrons. The number of allylic oxidation sites excluding steroid dienone is 1. The van der Waals surface area contributed by atoms with Gasteiger partial charge in [0.25, 0.3) is 0 Å². The Kier molecular flexibility index (Phi) is 5.40. The molecule has 0 bridgehead atoms. The van der Waals surface area contributed by atoms with E-state index in [0.717, 1.165) is 56.9 Å². The molecule has 4 fully saturated rings. The summed E-state index contributed by atoms with van der Waals surface area (Å²) in [6.07, 6.45) is 9.55. The highest BCUT2D eigenvalue weighted by atomic mass is 16.5. The summed E-state index contributed by atoms with van der Waals surface area (Å²) in [5.74, 6) is 0.379. The van der Waals surface area contributed by atoms with Crippen LogP contribution >= 0.6 is 0 Å². The first-order valence-electron chi connectivity index (χ1n) is 13.9. The molecule has 0 saturated heterocycles. The van der Waals surface area contributed by atoms with Crippen LogP contribution in [0.1, 0.15) is 99.3 Å². The fourth-order valence-electron chi connectivity index (χ4n) is 10.3. The molecule has 5 rings (SSSR count). The van der Waals surface area contributed by atoms with E-state index in [0.29, 0.717) is 12.3 Å². The van der Waals surface area contributed by atoms with E-state index in [-0.39, 0.29) is 51.4 Å². The summed E-state index contributed by atoms with van der Waals surface area (Å²) in [6, 6.07) is 0. The summed E-state index contributed by atoms with van der Waals surface area (Å²) in [6.45, 7) is 13.4. The van der Waals surface area contributed by atoms with Gasteiger partial charge in [-0.1, -0.05) is 34.6 Å². The Balaban J connectivity index is 1.61. The topological polar surface area (TPSA) is 89.6 Å². The Morgan fingerprint density at radius 2 is 1.66 bits per heavy atom. The average Bonchev–Trinajstić information content (AvgIpc) is 2.78. The monoisotopic (exact) mass is 485 g/mol. The lowest BCUT2D eigenvalue weighted by molar-refractivity contribution is -0.192. The normalized spacial score (nSPS) is 52.8. The van der Waals surface area contributed by atoms with E-state index in [1.807, 2.05) is 13.0 Å². The number of ether oxygens (including phenoxy) is 1. The second kappa shape index (κ2) is 7.43. The van der Waals surface area contributed by atoms with Crippen LogP contribution in [-0.2, 0) is 14.3 Å². The van der Waals surface area contributed by atoms with Gasteiger partial charge in [-0.05, 0) is 110 Å². The van der Waals surface area contributed by atoms with Gasteiger partial charge >= 0.3 is 5.97 Å². The van der Waals surface area contributed by atoms with Gasteiger partial charge in [-0.3, -0.25) is 9.59 Å². The number of rotatable bonds is 1.